The predicted octanol–water partition coefficient (Wildman–Crippen LogP) is 2.44. The lowest BCUT2D eigenvalue weighted by Crippen LogP contribution is -2.44. The number of fused-ring (bicyclic) bond motifs is 1. The van der Waals surface area contributed by atoms with Gasteiger partial charge in [0, 0.05) is 29.8 Å². The Balaban J connectivity index is 1.89. The third-order valence-electron chi connectivity index (χ3n) is 4.09. The minimum atomic E-state index is -0.0102. The minimum Gasteiger partial charge on any atom is -0.310 e. The van der Waals surface area contributed by atoms with Gasteiger partial charge in [-0.3, -0.25) is 10.1 Å². The topological polar surface area (TPSA) is 32.3 Å². The first-order valence-electron chi connectivity index (χ1n) is 6.90. The Morgan fingerprint density at radius 1 is 1.42 bits per heavy atom. The van der Waals surface area contributed by atoms with Gasteiger partial charge in [0.15, 0.2) is 0 Å². The summed E-state index contributed by atoms with van der Waals surface area (Å²) in [6.07, 6.45) is 0. The van der Waals surface area contributed by atoms with E-state index in [0.717, 1.165) is 23.9 Å². The fourth-order valence-electron chi connectivity index (χ4n) is 2.96. The van der Waals surface area contributed by atoms with Gasteiger partial charge in [0.2, 0.25) is 5.91 Å². The summed E-state index contributed by atoms with van der Waals surface area (Å²) in [6.45, 7) is 5.30. The molecule has 0 aromatic heterocycles. The van der Waals surface area contributed by atoms with Crippen LogP contribution in [0.2, 0.25) is 0 Å². The molecule has 3 nitrogen and oxygen atoms in total. The van der Waals surface area contributed by atoms with Gasteiger partial charge in [-0.1, -0.05) is 32.0 Å². The van der Waals surface area contributed by atoms with Crippen LogP contribution in [-0.2, 0) is 4.79 Å². The minimum absolute atomic E-state index is 0.0102. The molecule has 3 rings (SSSR count). The lowest BCUT2D eigenvalue weighted by atomic mass is 9.90. The fourth-order valence-corrected chi connectivity index (χ4v) is 3.89. The van der Waals surface area contributed by atoms with Crippen molar-refractivity contribution in [1.82, 2.24) is 5.32 Å². The van der Waals surface area contributed by atoms with Crippen molar-refractivity contribution in [2.45, 2.75) is 25.8 Å². The average Bonchev–Trinajstić information content (AvgIpc) is 3.05. The molecule has 0 spiro atoms. The van der Waals surface area contributed by atoms with Crippen molar-refractivity contribution < 1.29 is 4.79 Å². The SMILES string of the molecule is CC(C)C1CN(C(=O)C2CSCN2)c2ccccc21. The van der Waals surface area contributed by atoms with Crippen molar-refractivity contribution >= 4 is 23.4 Å². The fraction of sp³-hybridized carbons (Fsp3) is 0.533. The first-order chi connectivity index (χ1) is 9.18. The highest BCUT2D eigenvalue weighted by atomic mass is 32.2. The normalized spacial score (nSPS) is 25.9. The summed E-state index contributed by atoms with van der Waals surface area (Å²) < 4.78 is 0. The Hall–Kier alpha value is -1.00. The van der Waals surface area contributed by atoms with Crippen LogP contribution in [0, 0.1) is 5.92 Å². The highest BCUT2D eigenvalue weighted by molar-refractivity contribution is 7.99. The Bertz CT molecular complexity index is 483. The lowest BCUT2D eigenvalue weighted by Gasteiger charge is -2.22. The van der Waals surface area contributed by atoms with Crippen molar-refractivity contribution in [1.29, 1.82) is 0 Å². The number of amides is 1. The highest BCUT2D eigenvalue weighted by Gasteiger charge is 2.37. The molecular weight excluding hydrogens is 256 g/mol. The molecule has 0 bridgehead atoms. The molecule has 2 aliphatic heterocycles. The molecule has 1 aromatic rings. The van der Waals surface area contributed by atoms with Crippen LogP contribution in [-0.4, -0.2) is 30.1 Å². The standard InChI is InChI=1S/C15H20N2OS/c1-10(2)12-7-17(14-6-4-3-5-11(12)14)15(18)13-8-19-9-16-13/h3-6,10,12-13,16H,7-9H2,1-2H3. The molecule has 0 saturated carbocycles. The third kappa shape index (κ3) is 2.28. The molecule has 0 aliphatic carbocycles. The Morgan fingerprint density at radius 2 is 2.21 bits per heavy atom. The van der Waals surface area contributed by atoms with Gasteiger partial charge in [-0.25, -0.2) is 0 Å². The largest absolute Gasteiger partial charge is 0.310 e. The maximum atomic E-state index is 12.6. The van der Waals surface area contributed by atoms with Crippen LogP contribution in [0.4, 0.5) is 5.69 Å². The Labute approximate surface area is 118 Å². The summed E-state index contributed by atoms with van der Waals surface area (Å²) in [5.41, 5.74) is 2.45. The second kappa shape index (κ2) is 5.17. The molecule has 2 aliphatic rings. The van der Waals surface area contributed by atoms with Gasteiger partial charge in [0.25, 0.3) is 0 Å². The van der Waals surface area contributed by atoms with E-state index in [-0.39, 0.29) is 11.9 Å². The quantitative estimate of drug-likeness (QED) is 0.900. The first-order valence-corrected chi connectivity index (χ1v) is 8.05. The van der Waals surface area contributed by atoms with E-state index in [1.807, 2.05) is 11.0 Å². The molecule has 1 N–H and O–H groups in total. The van der Waals surface area contributed by atoms with Crippen LogP contribution in [0.1, 0.15) is 25.3 Å². The van der Waals surface area contributed by atoms with E-state index in [1.165, 1.54) is 5.56 Å². The molecular formula is C15H20N2OS. The molecule has 19 heavy (non-hydrogen) atoms. The molecule has 2 heterocycles. The number of para-hydroxylation sites is 1. The summed E-state index contributed by atoms with van der Waals surface area (Å²) >= 11 is 1.80. The van der Waals surface area contributed by atoms with Crippen molar-refractivity contribution in [3.05, 3.63) is 29.8 Å². The molecule has 0 radical (unpaired) electrons. The van der Waals surface area contributed by atoms with Crippen LogP contribution in [0.5, 0.6) is 0 Å². The van der Waals surface area contributed by atoms with Gasteiger partial charge >= 0.3 is 0 Å². The van der Waals surface area contributed by atoms with Gasteiger partial charge < -0.3 is 4.90 Å². The van der Waals surface area contributed by atoms with E-state index in [0.29, 0.717) is 11.8 Å². The molecule has 1 aromatic carbocycles. The number of rotatable bonds is 2. The van der Waals surface area contributed by atoms with Crippen molar-refractivity contribution in [2.75, 3.05) is 23.1 Å². The number of hydrogen-bond donors (Lipinski definition) is 1. The van der Waals surface area contributed by atoms with Gasteiger partial charge in [-0.15, -0.1) is 11.8 Å². The molecule has 4 heteroatoms. The second-order valence-corrected chi connectivity index (χ2v) is 6.66. The first kappa shape index (κ1) is 13.0. The number of nitrogens with zero attached hydrogens (tertiary/aromatic N) is 1. The summed E-state index contributed by atoms with van der Waals surface area (Å²) in [7, 11) is 0. The zero-order chi connectivity index (χ0) is 13.4. The maximum Gasteiger partial charge on any atom is 0.245 e. The van der Waals surface area contributed by atoms with E-state index in [4.69, 9.17) is 0 Å². The van der Waals surface area contributed by atoms with Gasteiger partial charge in [0.05, 0.1) is 6.04 Å². The summed E-state index contributed by atoms with van der Waals surface area (Å²) in [6, 6.07) is 8.34. The third-order valence-corrected chi connectivity index (χ3v) is 5.03. The van der Waals surface area contributed by atoms with Crippen molar-refractivity contribution in [2.24, 2.45) is 5.92 Å². The number of carbonyl (C=O) groups is 1. The number of benzene rings is 1. The zero-order valence-corrected chi connectivity index (χ0v) is 12.2. The summed E-state index contributed by atoms with van der Waals surface area (Å²) in [5, 5.41) is 3.28. The average molecular weight is 276 g/mol. The van der Waals surface area contributed by atoms with E-state index in [2.05, 4.69) is 37.4 Å². The lowest BCUT2D eigenvalue weighted by molar-refractivity contribution is -0.119. The zero-order valence-electron chi connectivity index (χ0n) is 11.4. The molecule has 1 fully saturated rings. The predicted molar refractivity (Wildman–Crippen MR) is 80.6 cm³/mol. The molecule has 1 amide bonds. The number of nitrogens with one attached hydrogen (secondary N) is 1. The smallest absolute Gasteiger partial charge is 0.245 e. The van der Waals surface area contributed by atoms with E-state index < -0.39 is 0 Å². The monoisotopic (exact) mass is 276 g/mol. The van der Waals surface area contributed by atoms with Crippen LogP contribution in [0.15, 0.2) is 24.3 Å². The summed E-state index contributed by atoms with van der Waals surface area (Å²) in [5.74, 6) is 3.04. The van der Waals surface area contributed by atoms with E-state index in [1.54, 1.807) is 11.8 Å². The summed E-state index contributed by atoms with van der Waals surface area (Å²) in [4.78, 5) is 14.6. The van der Waals surface area contributed by atoms with Crippen LogP contribution in [0.3, 0.4) is 0 Å². The number of thioether (sulfide) groups is 1. The van der Waals surface area contributed by atoms with Crippen LogP contribution in [0.25, 0.3) is 0 Å². The highest BCUT2D eigenvalue weighted by Crippen LogP contribution is 2.40. The van der Waals surface area contributed by atoms with Gasteiger partial charge in [-0.05, 0) is 17.5 Å². The Morgan fingerprint density at radius 3 is 2.89 bits per heavy atom. The van der Waals surface area contributed by atoms with Crippen molar-refractivity contribution in [3.63, 3.8) is 0 Å². The van der Waals surface area contributed by atoms with Gasteiger partial charge in [0.1, 0.15) is 0 Å². The maximum absolute atomic E-state index is 12.6. The van der Waals surface area contributed by atoms with Crippen LogP contribution >= 0.6 is 11.8 Å². The Kier molecular flexibility index (Phi) is 3.54. The second-order valence-electron chi connectivity index (χ2n) is 5.63. The number of anilines is 1. The van der Waals surface area contributed by atoms with Gasteiger partial charge in [-0.2, -0.15) is 0 Å². The number of hydrogen-bond acceptors (Lipinski definition) is 3. The molecule has 2 unspecified atom stereocenters. The van der Waals surface area contributed by atoms with Crippen molar-refractivity contribution in [3.8, 4) is 0 Å². The number of carbonyl (C=O) groups excluding carboxylic acids is 1. The van der Waals surface area contributed by atoms with Crippen LogP contribution < -0.4 is 10.2 Å². The molecule has 2 atom stereocenters. The van der Waals surface area contributed by atoms with E-state index in [9.17, 15) is 4.79 Å². The van der Waals surface area contributed by atoms with E-state index >= 15 is 0 Å². The molecule has 1 saturated heterocycles. The molecule has 102 valence electrons.